The number of carbonyl (C=O) groups excluding carboxylic acids is 1. The number of rotatable bonds is 4. The first-order valence-corrected chi connectivity index (χ1v) is 10.4. The number of carbonyl (C=O) groups is 1. The van der Waals surface area contributed by atoms with Gasteiger partial charge in [-0.25, -0.2) is 17.9 Å². The van der Waals surface area contributed by atoms with Crippen LogP contribution in [0.5, 0.6) is 0 Å². The van der Waals surface area contributed by atoms with Gasteiger partial charge in [0.05, 0.1) is 10.3 Å². The second kappa shape index (κ2) is 7.84. The van der Waals surface area contributed by atoms with E-state index in [1.165, 1.54) is 24.3 Å². The van der Waals surface area contributed by atoms with Crippen LogP contribution in [-0.4, -0.2) is 14.4 Å². The summed E-state index contributed by atoms with van der Waals surface area (Å²) in [6, 6.07) is 21.5. The molecule has 1 aromatic heterocycles. The quantitative estimate of drug-likeness (QED) is 0.520. The topological polar surface area (TPSA) is 105 Å². The average Bonchev–Trinajstić information content (AvgIpc) is 2.74. The van der Waals surface area contributed by atoms with Crippen molar-refractivity contribution in [2.75, 3.05) is 5.32 Å². The molecule has 0 saturated heterocycles. The van der Waals surface area contributed by atoms with E-state index in [2.05, 4.69) is 5.32 Å². The van der Waals surface area contributed by atoms with Crippen molar-refractivity contribution in [3.63, 3.8) is 0 Å². The Labute approximate surface area is 172 Å². The number of urea groups is 1. The molecule has 8 heteroatoms. The largest absolute Gasteiger partial charge is 0.456 e. The third kappa shape index (κ3) is 4.08. The number of amides is 2. The van der Waals surface area contributed by atoms with Crippen LogP contribution in [-0.2, 0) is 10.0 Å². The third-order valence-electron chi connectivity index (χ3n) is 4.32. The van der Waals surface area contributed by atoms with Gasteiger partial charge in [0.1, 0.15) is 11.3 Å². The van der Waals surface area contributed by atoms with E-state index in [1.807, 2.05) is 4.72 Å². The van der Waals surface area contributed by atoms with E-state index in [4.69, 9.17) is 4.42 Å². The van der Waals surface area contributed by atoms with Gasteiger partial charge in [-0.05, 0) is 36.4 Å². The molecule has 2 amide bonds. The van der Waals surface area contributed by atoms with Crippen LogP contribution in [0.3, 0.4) is 0 Å². The lowest BCUT2D eigenvalue weighted by Gasteiger charge is -2.10. The van der Waals surface area contributed by atoms with Crippen LogP contribution in [0, 0.1) is 0 Å². The summed E-state index contributed by atoms with van der Waals surface area (Å²) in [6.45, 7) is 0. The Morgan fingerprint density at radius 2 is 1.57 bits per heavy atom. The van der Waals surface area contributed by atoms with Crippen LogP contribution in [0.15, 0.2) is 99.0 Å². The molecule has 0 fully saturated rings. The highest BCUT2D eigenvalue weighted by molar-refractivity contribution is 7.90. The van der Waals surface area contributed by atoms with Crippen molar-refractivity contribution < 1.29 is 17.6 Å². The number of sulfonamides is 1. The van der Waals surface area contributed by atoms with E-state index >= 15 is 0 Å². The fourth-order valence-electron chi connectivity index (χ4n) is 2.92. The Kier molecular flexibility index (Phi) is 5.07. The van der Waals surface area contributed by atoms with Crippen molar-refractivity contribution in [3.8, 4) is 11.3 Å². The summed E-state index contributed by atoms with van der Waals surface area (Å²) in [4.78, 5) is 24.3. The predicted molar refractivity (Wildman–Crippen MR) is 114 cm³/mol. The molecule has 4 rings (SSSR count). The first kappa shape index (κ1) is 19.4. The lowest BCUT2D eigenvalue weighted by molar-refractivity contribution is 0.256. The number of fused-ring (bicyclic) bond motifs is 1. The zero-order valence-electron chi connectivity index (χ0n) is 15.5. The molecule has 0 radical (unpaired) electrons. The summed E-state index contributed by atoms with van der Waals surface area (Å²) in [7, 11) is -4.14. The number of nitrogens with one attached hydrogen (secondary N) is 2. The van der Waals surface area contributed by atoms with Crippen LogP contribution in [0.4, 0.5) is 10.5 Å². The Balaban J connectivity index is 1.63. The minimum absolute atomic E-state index is 0.140. The maximum absolute atomic E-state index is 12.6. The van der Waals surface area contributed by atoms with E-state index in [9.17, 15) is 18.0 Å². The minimum atomic E-state index is -4.14. The molecule has 0 spiro atoms. The summed E-state index contributed by atoms with van der Waals surface area (Å²) in [6.07, 6.45) is 0. The predicted octanol–water partition coefficient (Wildman–Crippen LogP) is 3.97. The maximum Gasteiger partial charge on any atom is 0.333 e. The molecule has 150 valence electrons. The number of benzene rings is 3. The maximum atomic E-state index is 12.6. The van der Waals surface area contributed by atoms with Gasteiger partial charge in [-0.3, -0.25) is 4.79 Å². The SMILES string of the molecule is O=C(Nc1ccccc1)NS(=O)(=O)c1cccc(-c2cc(=O)c3ccccc3o2)c1. The first-order chi connectivity index (χ1) is 14.4. The molecule has 3 aromatic carbocycles. The average molecular weight is 420 g/mol. The van der Waals surface area contributed by atoms with Crippen molar-refractivity contribution in [2.45, 2.75) is 4.90 Å². The van der Waals surface area contributed by atoms with Crippen LogP contribution in [0.2, 0.25) is 0 Å². The third-order valence-corrected chi connectivity index (χ3v) is 5.65. The second-order valence-electron chi connectivity index (χ2n) is 6.42. The molecular weight excluding hydrogens is 404 g/mol. The summed E-state index contributed by atoms with van der Waals surface area (Å²) in [5.41, 5.74) is 1.01. The molecule has 0 saturated carbocycles. The zero-order valence-corrected chi connectivity index (χ0v) is 16.3. The van der Waals surface area contributed by atoms with E-state index in [0.29, 0.717) is 22.2 Å². The van der Waals surface area contributed by atoms with E-state index in [0.717, 1.165) is 0 Å². The molecule has 4 aromatic rings. The van der Waals surface area contributed by atoms with Gasteiger partial charge in [-0.1, -0.05) is 42.5 Å². The van der Waals surface area contributed by atoms with Crippen molar-refractivity contribution in [2.24, 2.45) is 0 Å². The molecule has 0 aliphatic carbocycles. The van der Waals surface area contributed by atoms with E-state index in [-0.39, 0.29) is 16.1 Å². The smallest absolute Gasteiger partial charge is 0.333 e. The zero-order chi connectivity index (χ0) is 21.1. The van der Waals surface area contributed by atoms with E-state index < -0.39 is 16.1 Å². The Hall–Kier alpha value is -3.91. The molecule has 0 atom stereocenters. The van der Waals surface area contributed by atoms with Crippen molar-refractivity contribution in [1.82, 2.24) is 4.72 Å². The minimum Gasteiger partial charge on any atom is -0.456 e. The summed E-state index contributed by atoms with van der Waals surface area (Å²) < 4.78 is 33.0. The van der Waals surface area contributed by atoms with Gasteiger partial charge < -0.3 is 9.73 Å². The highest BCUT2D eigenvalue weighted by atomic mass is 32.2. The number of hydrogen-bond acceptors (Lipinski definition) is 5. The van der Waals surface area contributed by atoms with Crippen LogP contribution < -0.4 is 15.5 Å². The molecule has 30 heavy (non-hydrogen) atoms. The number of anilines is 1. The molecule has 1 heterocycles. The summed E-state index contributed by atoms with van der Waals surface area (Å²) in [5, 5.41) is 2.89. The highest BCUT2D eigenvalue weighted by Gasteiger charge is 2.19. The van der Waals surface area contributed by atoms with Gasteiger partial charge in [0.2, 0.25) is 0 Å². The van der Waals surface area contributed by atoms with Crippen molar-refractivity contribution in [1.29, 1.82) is 0 Å². The van der Waals surface area contributed by atoms with Crippen LogP contribution >= 0.6 is 0 Å². The molecule has 0 unspecified atom stereocenters. The lowest BCUT2D eigenvalue weighted by atomic mass is 10.1. The second-order valence-corrected chi connectivity index (χ2v) is 8.11. The van der Waals surface area contributed by atoms with Gasteiger partial charge >= 0.3 is 6.03 Å². The summed E-state index contributed by atoms with van der Waals surface area (Å²) >= 11 is 0. The fourth-order valence-corrected chi connectivity index (χ4v) is 3.87. The standard InChI is InChI=1S/C22H16N2O5S/c25-19-14-21(29-20-12-5-4-11-18(19)20)15-7-6-10-17(13-15)30(27,28)24-22(26)23-16-8-2-1-3-9-16/h1-14H,(H2,23,24,26). The van der Waals surface area contributed by atoms with Gasteiger partial charge in [-0.15, -0.1) is 0 Å². The van der Waals surface area contributed by atoms with Crippen LogP contribution in [0.1, 0.15) is 0 Å². The molecule has 0 bridgehead atoms. The van der Waals surface area contributed by atoms with Gasteiger partial charge in [-0.2, -0.15) is 0 Å². The highest BCUT2D eigenvalue weighted by Crippen LogP contribution is 2.24. The molecular formula is C22H16N2O5S. The summed E-state index contributed by atoms with van der Waals surface area (Å²) in [5.74, 6) is 0.226. The molecule has 0 aliphatic rings. The number of para-hydroxylation sites is 2. The van der Waals surface area contributed by atoms with Gasteiger partial charge in [0, 0.05) is 17.3 Å². The lowest BCUT2D eigenvalue weighted by Crippen LogP contribution is -2.34. The Morgan fingerprint density at radius 3 is 2.37 bits per heavy atom. The Morgan fingerprint density at radius 1 is 0.833 bits per heavy atom. The fraction of sp³-hybridized carbons (Fsp3) is 0. The molecule has 7 nitrogen and oxygen atoms in total. The van der Waals surface area contributed by atoms with Gasteiger partial charge in [0.25, 0.3) is 10.0 Å². The van der Waals surface area contributed by atoms with Crippen LogP contribution in [0.25, 0.3) is 22.3 Å². The number of hydrogen-bond donors (Lipinski definition) is 2. The molecule has 2 N–H and O–H groups in total. The molecule has 0 aliphatic heterocycles. The van der Waals surface area contributed by atoms with Gasteiger partial charge in [0.15, 0.2) is 5.43 Å². The van der Waals surface area contributed by atoms with Crippen molar-refractivity contribution >= 4 is 32.7 Å². The van der Waals surface area contributed by atoms with E-state index in [1.54, 1.807) is 60.7 Å². The van der Waals surface area contributed by atoms with Crippen molar-refractivity contribution in [3.05, 3.63) is 95.2 Å². The monoisotopic (exact) mass is 420 g/mol. The normalized spacial score (nSPS) is 11.2. The Bertz CT molecular complexity index is 1400. The first-order valence-electron chi connectivity index (χ1n) is 8.94.